The Balaban J connectivity index is 0.000000248. The second-order valence-electron chi connectivity index (χ2n) is 11.8. The maximum atomic E-state index is 11.3. The van der Waals surface area contributed by atoms with Crippen LogP contribution in [0.4, 0.5) is 34.1 Å². The average Bonchev–Trinajstić information content (AvgIpc) is 3.15. The van der Waals surface area contributed by atoms with Gasteiger partial charge in [0.05, 0.1) is 31.0 Å². The number of rotatable bonds is 10. The summed E-state index contributed by atoms with van der Waals surface area (Å²) in [7, 11) is -9.39. The van der Waals surface area contributed by atoms with Crippen LogP contribution in [0.25, 0.3) is 21.5 Å². The van der Waals surface area contributed by atoms with Crippen molar-refractivity contribution < 1.29 is 46.0 Å². The Morgan fingerprint density at radius 2 is 0.895 bits per heavy atom. The number of hydrogen-bond acceptors (Lipinski definition) is 16. The number of nitro benzene ring substituents is 2. The fraction of sp³-hybridized carbons (Fsp3) is 0.111. The Morgan fingerprint density at radius 1 is 0.544 bits per heavy atom. The average molecular weight is 841 g/mol. The van der Waals surface area contributed by atoms with Crippen LogP contribution in [0.15, 0.2) is 127 Å². The molecule has 0 aromatic heterocycles. The molecule has 6 aromatic carbocycles. The van der Waals surface area contributed by atoms with Crippen molar-refractivity contribution in [1.29, 1.82) is 0 Å². The van der Waals surface area contributed by atoms with Crippen molar-refractivity contribution in [1.82, 2.24) is 0 Å². The van der Waals surface area contributed by atoms with E-state index in [1.165, 1.54) is 72.8 Å². The van der Waals surface area contributed by atoms with E-state index in [2.05, 4.69) is 20.5 Å². The van der Waals surface area contributed by atoms with Gasteiger partial charge in [0.25, 0.3) is 11.4 Å². The van der Waals surface area contributed by atoms with Gasteiger partial charge < -0.3 is 19.3 Å². The van der Waals surface area contributed by atoms with Gasteiger partial charge >= 0.3 is 37.7 Å². The van der Waals surface area contributed by atoms with E-state index < -0.39 is 39.9 Å². The van der Waals surface area contributed by atoms with E-state index in [-0.39, 0.29) is 94.1 Å². The molecule has 0 bridgehead atoms. The van der Waals surface area contributed by atoms with E-state index in [9.17, 15) is 56.4 Å². The third kappa shape index (κ3) is 10.5. The topological polar surface area (TPSA) is 291 Å². The van der Waals surface area contributed by atoms with E-state index in [0.29, 0.717) is 34.7 Å². The SMILES string of the molecule is CCc1ccc([N+](=O)[O-])cc1N=Nc1c(O)ccc2ccc(S(=O)(=O)[O-])cc12.CCc1ccc([N+](=O)[O-])cc1N=Nc1c(O)ccc2ccc(S(=O)(=O)[O-])cc12.[Ca+2]. The Kier molecular flexibility index (Phi) is 14.1. The van der Waals surface area contributed by atoms with Crippen LogP contribution in [-0.2, 0) is 33.1 Å². The summed E-state index contributed by atoms with van der Waals surface area (Å²) < 4.78 is 67.8. The van der Waals surface area contributed by atoms with Crippen LogP contribution in [0, 0.1) is 20.2 Å². The number of phenols is 2. The van der Waals surface area contributed by atoms with Gasteiger partial charge in [-0.05, 0) is 71.1 Å². The quantitative estimate of drug-likeness (QED) is 0.0433. The van der Waals surface area contributed by atoms with Crippen LogP contribution in [0.3, 0.4) is 0 Å². The van der Waals surface area contributed by atoms with Crippen LogP contribution in [0.1, 0.15) is 25.0 Å². The third-order valence-electron chi connectivity index (χ3n) is 8.30. The number of nitro groups is 2. The zero-order chi connectivity index (χ0) is 40.9. The third-order valence-corrected chi connectivity index (χ3v) is 9.96. The molecule has 0 spiro atoms. The van der Waals surface area contributed by atoms with Crippen LogP contribution in [0.5, 0.6) is 11.5 Å². The molecule has 6 rings (SSSR count). The van der Waals surface area contributed by atoms with Crippen LogP contribution >= 0.6 is 0 Å². The predicted molar refractivity (Wildman–Crippen MR) is 206 cm³/mol. The van der Waals surface area contributed by atoms with Crippen LogP contribution in [0.2, 0.25) is 0 Å². The molecule has 0 amide bonds. The molecular weight excluding hydrogens is 813 g/mol. The van der Waals surface area contributed by atoms with Crippen LogP contribution in [-0.4, -0.2) is 83.7 Å². The summed E-state index contributed by atoms with van der Waals surface area (Å²) in [6, 6.07) is 21.6. The maximum absolute atomic E-state index is 11.3. The van der Waals surface area contributed by atoms with E-state index in [0.717, 1.165) is 12.1 Å². The van der Waals surface area contributed by atoms with Gasteiger partial charge in [-0.2, -0.15) is 0 Å². The fourth-order valence-corrected chi connectivity index (χ4v) is 6.38. The van der Waals surface area contributed by atoms with Gasteiger partial charge in [-0.1, -0.05) is 50.2 Å². The summed E-state index contributed by atoms with van der Waals surface area (Å²) in [6.07, 6.45) is 1.10. The van der Waals surface area contributed by atoms with Gasteiger partial charge in [-0.25, -0.2) is 16.8 Å². The first-order chi connectivity index (χ1) is 26.4. The summed E-state index contributed by atoms with van der Waals surface area (Å²) in [5.74, 6) is -0.555. The van der Waals surface area contributed by atoms with Crippen molar-refractivity contribution in [2.24, 2.45) is 20.5 Å². The van der Waals surface area contributed by atoms with Crippen molar-refractivity contribution in [3.8, 4) is 11.5 Å². The fourth-order valence-electron chi connectivity index (χ4n) is 5.39. The normalized spacial score (nSPS) is 11.7. The smallest absolute Gasteiger partial charge is 0.744 e. The first kappa shape index (κ1) is 44.2. The van der Waals surface area contributed by atoms with Gasteiger partial charge in [-0.15, -0.1) is 20.5 Å². The molecule has 57 heavy (non-hydrogen) atoms. The molecule has 0 saturated carbocycles. The standard InChI is InChI=1S/2C18H15N3O6S.Ca/c2*1-2-11-3-6-13(21(23)24)9-16(11)19-20-18-15-10-14(28(25,26)27)7-4-12(15)5-8-17(18)22;/h2*3-10,22H,2H2,1H3,(H,25,26,27);/q;;+2/p-2. The zero-order valence-electron chi connectivity index (χ0n) is 29.8. The van der Waals surface area contributed by atoms with Crippen molar-refractivity contribution in [3.05, 3.63) is 128 Å². The molecule has 0 aliphatic heterocycles. The number of fused-ring (bicyclic) bond motifs is 2. The predicted octanol–water partition coefficient (Wildman–Crippen LogP) is 8.29. The minimum absolute atomic E-state index is 0. The van der Waals surface area contributed by atoms with Crippen molar-refractivity contribution >= 4 is 114 Å². The molecule has 0 unspecified atom stereocenters. The number of aryl methyl sites for hydroxylation is 2. The van der Waals surface area contributed by atoms with Crippen LogP contribution < -0.4 is 0 Å². The largest absolute Gasteiger partial charge is 2.00 e. The van der Waals surface area contributed by atoms with E-state index in [4.69, 9.17) is 0 Å². The van der Waals surface area contributed by atoms with Gasteiger partial charge in [0.15, 0.2) is 0 Å². The molecule has 0 fully saturated rings. The maximum Gasteiger partial charge on any atom is 2.00 e. The minimum atomic E-state index is -4.70. The number of nitrogens with zero attached hydrogens (tertiary/aromatic N) is 6. The number of phenolic OH excluding ortho intramolecular Hbond substituents is 2. The van der Waals surface area contributed by atoms with Gasteiger partial charge in [0.2, 0.25) is 0 Å². The molecule has 0 atom stereocenters. The number of hydrogen-bond donors (Lipinski definition) is 2. The first-order valence-corrected chi connectivity index (χ1v) is 19.0. The molecule has 6 aromatic rings. The molecule has 18 nitrogen and oxygen atoms in total. The summed E-state index contributed by atoms with van der Waals surface area (Å²) in [5, 5.41) is 59.8. The van der Waals surface area contributed by atoms with Crippen molar-refractivity contribution in [3.63, 3.8) is 0 Å². The number of non-ortho nitro benzene ring substituents is 2. The molecule has 0 aliphatic carbocycles. The molecule has 0 radical (unpaired) electrons. The summed E-state index contributed by atoms with van der Waals surface area (Å²) in [6.45, 7) is 3.70. The molecular formula is C36H28CaN6O12S2. The Labute approximate surface area is 354 Å². The van der Waals surface area contributed by atoms with Gasteiger partial charge in [-0.3, -0.25) is 20.2 Å². The second kappa shape index (κ2) is 18.2. The summed E-state index contributed by atoms with van der Waals surface area (Å²) in [5.41, 5.74) is 1.50. The molecule has 0 heterocycles. The monoisotopic (exact) mass is 840 g/mol. The van der Waals surface area contributed by atoms with E-state index in [1.807, 2.05) is 13.8 Å². The molecule has 0 aliphatic rings. The summed E-state index contributed by atoms with van der Waals surface area (Å²) >= 11 is 0. The van der Waals surface area contributed by atoms with E-state index >= 15 is 0 Å². The number of aromatic hydroxyl groups is 2. The Hall–Kier alpha value is -5.48. The van der Waals surface area contributed by atoms with E-state index in [1.54, 1.807) is 12.1 Å². The first-order valence-electron chi connectivity index (χ1n) is 16.2. The Morgan fingerprint density at radius 3 is 1.21 bits per heavy atom. The van der Waals surface area contributed by atoms with Crippen molar-refractivity contribution in [2.45, 2.75) is 36.5 Å². The molecule has 21 heteroatoms. The molecule has 2 N–H and O–H groups in total. The number of azo groups is 2. The second-order valence-corrected chi connectivity index (χ2v) is 14.5. The molecule has 288 valence electrons. The zero-order valence-corrected chi connectivity index (χ0v) is 33.7. The number of benzene rings is 6. The minimum Gasteiger partial charge on any atom is -0.744 e. The van der Waals surface area contributed by atoms with Gasteiger partial charge in [0, 0.05) is 35.0 Å². The molecule has 0 saturated heterocycles. The Bertz CT molecular complexity index is 2640. The summed E-state index contributed by atoms with van der Waals surface area (Å²) in [4.78, 5) is 19.9. The van der Waals surface area contributed by atoms with Gasteiger partial charge in [0.1, 0.15) is 43.1 Å². The van der Waals surface area contributed by atoms with Crippen molar-refractivity contribution in [2.75, 3.05) is 0 Å².